The van der Waals surface area contributed by atoms with Gasteiger partial charge in [0.05, 0.1) is 11.5 Å². The summed E-state index contributed by atoms with van der Waals surface area (Å²) in [6.45, 7) is 1.42. The lowest BCUT2D eigenvalue weighted by molar-refractivity contribution is 0.211. The molecule has 0 aliphatic carbocycles. The summed E-state index contributed by atoms with van der Waals surface area (Å²) in [5.41, 5.74) is 0. The van der Waals surface area contributed by atoms with Crippen molar-refractivity contribution in [2.75, 3.05) is 25.6 Å². The molecule has 2 rings (SSSR count). The Morgan fingerprint density at radius 3 is 3.12 bits per heavy atom. The van der Waals surface area contributed by atoms with Crippen molar-refractivity contribution in [2.24, 2.45) is 0 Å². The van der Waals surface area contributed by atoms with E-state index >= 15 is 0 Å². The van der Waals surface area contributed by atoms with Gasteiger partial charge < -0.3 is 10.1 Å². The Balaban J connectivity index is 2.02. The monoisotopic (exact) mass is 319 g/mol. The maximum Gasteiger partial charge on any atom is 0.203 e. The fraction of sp³-hybridized carbons (Fsp3) is 0.333. The van der Waals surface area contributed by atoms with Gasteiger partial charge in [-0.05, 0) is 22.0 Å². The van der Waals surface area contributed by atoms with Crippen LogP contribution in [0.1, 0.15) is 0 Å². The van der Waals surface area contributed by atoms with Crippen LogP contribution < -0.4 is 5.32 Å². The van der Waals surface area contributed by atoms with E-state index in [1.807, 2.05) is 11.4 Å². The Morgan fingerprint density at radius 1 is 1.56 bits per heavy atom. The fourth-order valence-corrected chi connectivity index (χ4v) is 3.11. The zero-order valence-corrected chi connectivity index (χ0v) is 11.8. The van der Waals surface area contributed by atoms with Crippen LogP contribution in [0.2, 0.25) is 0 Å². The first kappa shape index (κ1) is 12.0. The molecular formula is C9H10BrN3OS2. The summed E-state index contributed by atoms with van der Waals surface area (Å²) in [6.07, 6.45) is 0. The molecule has 2 aromatic heterocycles. The number of ether oxygens (including phenoxy) is 1. The van der Waals surface area contributed by atoms with E-state index in [0.717, 1.165) is 26.9 Å². The molecule has 0 aromatic carbocycles. The van der Waals surface area contributed by atoms with E-state index in [0.29, 0.717) is 6.61 Å². The number of rotatable bonds is 5. The lowest BCUT2D eigenvalue weighted by Gasteiger charge is -1.98. The minimum Gasteiger partial charge on any atom is -0.383 e. The number of halogens is 1. The first-order chi connectivity index (χ1) is 7.79. The van der Waals surface area contributed by atoms with E-state index in [-0.39, 0.29) is 0 Å². The molecule has 0 saturated carbocycles. The molecule has 86 valence electrons. The lowest BCUT2D eigenvalue weighted by atomic mass is 10.4. The van der Waals surface area contributed by atoms with Crippen LogP contribution in [-0.2, 0) is 4.74 Å². The highest BCUT2D eigenvalue weighted by molar-refractivity contribution is 9.10. The van der Waals surface area contributed by atoms with Gasteiger partial charge in [-0.25, -0.2) is 0 Å². The summed E-state index contributed by atoms with van der Waals surface area (Å²) >= 11 is 6.41. The van der Waals surface area contributed by atoms with Gasteiger partial charge in [0.1, 0.15) is 0 Å². The topological polar surface area (TPSA) is 47.0 Å². The highest BCUT2D eigenvalue weighted by atomic mass is 79.9. The largest absolute Gasteiger partial charge is 0.383 e. The molecule has 7 heteroatoms. The Hall–Kier alpha value is -0.500. The number of methoxy groups -OCH3 is 1. The van der Waals surface area contributed by atoms with Gasteiger partial charge in [0.2, 0.25) is 5.13 Å². The smallest absolute Gasteiger partial charge is 0.203 e. The van der Waals surface area contributed by atoms with Crippen molar-refractivity contribution in [3.63, 3.8) is 0 Å². The SMILES string of the molecule is COCCNc1nc(-c2cc(Br)cs2)ns1. The van der Waals surface area contributed by atoms with Crippen LogP contribution in [0, 0.1) is 0 Å². The van der Waals surface area contributed by atoms with E-state index in [9.17, 15) is 0 Å². The zero-order valence-electron chi connectivity index (χ0n) is 8.57. The first-order valence-corrected chi connectivity index (χ1v) is 7.05. The third-order valence-electron chi connectivity index (χ3n) is 1.80. The van der Waals surface area contributed by atoms with Gasteiger partial charge in [-0.15, -0.1) is 11.3 Å². The molecule has 0 aliphatic heterocycles. The van der Waals surface area contributed by atoms with Gasteiger partial charge >= 0.3 is 0 Å². The number of nitrogens with one attached hydrogen (secondary N) is 1. The van der Waals surface area contributed by atoms with Crippen molar-refractivity contribution in [1.82, 2.24) is 9.36 Å². The molecule has 0 unspecified atom stereocenters. The minimum atomic E-state index is 0.666. The summed E-state index contributed by atoms with van der Waals surface area (Å²) in [7, 11) is 1.68. The molecule has 1 N–H and O–H groups in total. The van der Waals surface area contributed by atoms with Crippen LogP contribution in [0.25, 0.3) is 10.7 Å². The molecule has 0 fully saturated rings. The number of aromatic nitrogens is 2. The molecule has 2 heterocycles. The number of hydrogen-bond acceptors (Lipinski definition) is 6. The van der Waals surface area contributed by atoms with Gasteiger partial charge in [0.25, 0.3) is 0 Å². The van der Waals surface area contributed by atoms with Gasteiger partial charge in [-0.3, -0.25) is 0 Å². The second kappa shape index (κ2) is 5.72. The van der Waals surface area contributed by atoms with Crippen molar-refractivity contribution in [3.05, 3.63) is 15.9 Å². The molecule has 0 spiro atoms. The number of hydrogen-bond donors (Lipinski definition) is 1. The summed E-state index contributed by atoms with van der Waals surface area (Å²) in [5.74, 6) is 0.778. The van der Waals surface area contributed by atoms with Crippen LogP contribution in [0.5, 0.6) is 0 Å². The minimum absolute atomic E-state index is 0.666. The molecule has 0 amide bonds. The summed E-state index contributed by atoms with van der Waals surface area (Å²) in [4.78, 5) is 5.47. The zero-order chi connectivity index (χ0) is 11.4. The molecule has 2 aromatic rings. The van der Waals surface area contributed by atoms with Crippen LogP contribution >= 0.6 is 38.8 Å². The lowest BCUT2D eigenvalue weighted by Crippen LogP contribution is -2.06. The summed E-state index contributed by atoms with van der Waals surface area (Å²) < 4.78 is 10.3. The van der Waals surface area contributed by atoms with Gasteiger partial charge in [-0.1, -0.05) is 0 Å². The molecule has 0 atom stereocenters. The second-order valence-electron chi connectivity index (χ2n) is 2.97. The molecule has 0 saturated heterocycles. The average Bonchev–Trinajstić information content (AvgIpc) is 2.87. The van der Waals surface area contributed by atoms with Crippen molar-refractivity contribution >= 4 is 43.9 Å². The number of thiophene rings is 1. The van der Waals surface area contributed by atoms with E-state index < -0.39 is 0 Å². The van der Waals surface area contributed by atoms with Gasteiger partial charge in [-0.2, -0.15) is 9.36 Å². The second-order valence-corrected chi connectivity index (χ2v) is 5.55. The normalized spacial score (nSPS) is 10.6. The average molecular weight is 320 g/mol. The van der Waals surface area contributed by atoms with Gasteiger partial charge in [0.15, 0.2) is 5.82 Å². The molecule has 0 aliphatic rings. The standard InChI is InChI=1S/C9H10BrN3OS2/c1-14-3-2-11-9-12-8(13-16-9)7-4-6(10)5-15-7/h4-5H,2-3H2,1H3,(H,11,12,13). The molecule has 0 radical (unpaired) electrons. The molecular weight excluding hydrogens is 310 g/mol. The predicted molar refractivity (Wildman–Crippen MR) is 71.3 cm³/mol. The fourth-order valence-electron chi connectivity index (χ4n) is 1.09. The predicted octanol–water partition coefficient (Wildman–Crippen LogP) is 3.09. The maximum atomic E-state index is 4.95. The Morgan fingerprint density at radius 2 is 2.44 bits per heavy atom. The van der Waals surface area contributed by atoms with Crippen molar-refractivity contribution < 1.29 is 4.74 Å². The third-order valence-corrected chi connectivity index (χ3v) is 4.16. The van der Waals surface area contributed by atoms with Crippen molar-refractivity contribution in [2.45, 2.75) is 0 Å². The number of nitrogens with zero attached hydrogens (tertiary/aromatic N) is 2. The van der Waals surface area contributed by atoms with E-state index in [2.05, 4.69) is 30.6 Å². The molecule has 0 bridgehead atoms. The van der Waals surface area contributed by atoms with Crippen molar-refractivity contribution in [1.29, 1.82) is 0 Å². The van der Waals surface area contributed by atoms with E-state index in [1.165, 1.54) is 11.5 Å². The maximum absolute atomic E-state index is 4.95. The highest BCUT2D eigenvalue weighted by Gasteiger charge is 2.08. The molecule has 16 heavy (non-hydrogen) atoms. The third kappa shape index (κ3) is 3.00. The Kier molecular flexibility index (Phi) is 4.28. The number of anilines is 1. The van der Waals surface area contributed by atoms with E-state index in [4.69, 9.17) is 4.74 Å². The Bertz CT molecular complexity index is 457. The van der Waals surface area contributed by atoms with Crippen LogP contribution in [0.3, 0.4) is 0 Å². The highest BCUT2D eigenvalue weighted by Crippen LogP contribution is 2.29. The van der Waals surface area contributed by atoms with Gasteiger partial charge in [0, 0.05) is 35.0 Å². The van der Waals surface area contributed by atoms with Crippen LogP contribution in [0.15, 0.2) is 15.9 Å². The van der Waals surface area contributed by atoms with Crippen molar-refractivity contribution in [3.8, 4) is 10.7 Å². The summed E-state index contributed by atoms with van der Waals surface area (Å²) in [5, 5.41) is 6.01. The van der Waals surface area contributed by atoms with Crippen LogP contribution in [0.4, 0.5) is 5.13 Å². The first-order valence-electron chi connectivity index (χ1n) is 4.60. The molecule has 4 nitrogen and oxygen atoms in total. The van der Waals surface area contributed by atoms with Crippen LogP contribution in [-0.4, -0.2) is 29.6 Å². The summed E-state index contributed by atoms with van der Waals surface area (Å²) in [6, 6.07) is 2.02. The quantitative estimate of drug-likeness (QED) is 0.860. The van der Waals surface area contributed by atoms with E-state index in [1.54, 1.807) is 18.4 Å². The Labute approximate surface area is 110 Å².